The number of thiophene rings is 1. The van der Waals surface area contributed by atoms with Crippen molar-refractivity contribution >= 4 is 23.3 Å². The Morgan fingerprint density at radius 1 is 1.37 bits per heavy atom. The SMILES string of the molecule is Nc1nnc(CNC2C[C@H]2c2cc(C(=O)NC3CCC(F)(F)CC3)cs2)o1. The van der Waals surface area contributed by atoms with Gasteiger partial charge in [-0.25, -0.2) is 8.78 Å². The molecule has 2 saturated carbocycles. The maximum absolute atomic E-state index is 13.2. The number of nitrogens with two attached hydrogens (primary N) is 1. The first-order valence-corrected chi connectivity index (χ1v) is 9.86. The fourth-order valence-corrected chi connectivity index (χ4v) is 4.48. The van der Waals surface area contributed by atoms with Gasteiger partial charge in [-0.15, -0.1) is 16.4 Å². The highest BCUT2D eigenvalue weighted by molar-refractivity contribution is 7.10. The van der Waals surface area contributed by atoms with E-state index >= 15 is 0 Å². The average Bonchev–Trinajstić information content (AvgIpc) is 3.02. The van der Waals surface area contributed by atoms with Crippen molar-refractivity contribution in [3.8, 4) is 0 Å². The molecule has 2 atom stereocenters. The van der Waals surface area contributed by atoms with Gasteiger partial charge >= 0.3 is 6.01 Å². The molecule has 2 heterocycles. The molecule has 2 fully saturated rings. The summed E-state index contributed by atoms with van der Waals surface area (Å²) < 4.78 is 31.5. The molecule has 146 valence electrons. The molecule has 7 nitrogen and oxygen atoms in total. The minimum Gasteiger partial charge on any atom is -0.407 e. The van der Waals surface area contributed by atoms with Crippen LogP contribution in [0.5, 0.6) is 0 Å². The summed E-state index contributed by atoms with van der Waals surface area (Å²) in [6.45, 7) is 0.455. The number of alkyl halides is 2. The quantitative estimate of drug-likeness (QED) is 0.692. The van der Waals surface area contributed by atoms with Crippen molar-refractivity contribution in [1.29, 1.82) is 0 Å². The van der Waals surface area contributed by atoms with Crippen molar-refractivity contribution in [3.63, 3.8) is 0 Å². The number of hydrogen-bond donors (Lipinski definition) is 3. The van der Waals surface area contributed by atoms with Gasteiger partial charge in [-0.05, 0) is 25.3 Å². The monoisotopic (exact) mass is 397 g/mol. The molecule has 0 spiro atoms. The van der Waals surface area contributed by atoms with Gasteiger partial charge in [-0.2, -0.15) is 0 Å². The number of nitrogens with zero attached hydrogens (tertiary/aromatic N) is 2. The third-order valence-corrected chi connectivity index (χ3v) is 6.15. The summed E-state index contributed by atoms with van der Waals surface area (Å²) in [6, 6.07) is 2.08. The molecule has 10 heteroatoms. The number of hydrogen-bond acceptors (Lipinski definition) is 7. The minimum atomic E-state index is -2.59. The second kappa shape index (κ2) is 7.16. The molecule has 1 amide bonds. The zero-order valence-corrected chi connectivity index (χ0v) is 15.4. The predicted molar refractivity (Wildman–Crippen MR) is 95.7 cm³/mol. The van der Waals surface area contributed by atoms with Gasteiger partial charge in [0.2, 0.25) is 11.8 Å². The van der Waals surface area contributed by atoms with Crippen molar-refractivity contribution < 1.29 is 18.0 Å². The summed E-state index contributed by atoms with van der Waals surface area (Å²) in [4.78, 5) is 13.5. The molecule has 0 bridgehead atoms. The highest BCUT2D eigenvalue weighted by atomic mass is 32.1. The Hall–Kier alpha value is -2.07. The molecule has 0 aliphatic heterocycles. The van der Waals surface area contributed by atoms with Gasteiger partial charge in [-0.3, -0.25) is 4.79 Å². The van der Waals surface area contributed by atoms with Crippen LogP contribution in [-0.4, -0.2) is 34.1 Å². The Labute approximate surface area is 158 Å². The van der Waals surface area contributed by atoms with E-state index in [0.29, 0.717) is 42.8 Å². The highest BCUT2D eigenvalue weighted by Gasteiger charge is 2.40. The first-order valence-electron chi connectivity index (χ1n) is 8.98. The number of nitrogens with one attached hydrogen (secondary N) is 2. The normalized spacial score (nSPS) is 24.7. The van der Waals surface area contributed by atoms with Crippen LogP contribution < -0.4 is 16.4 Å². The fourth-order valence-electron chi connectivity index (χ4n) is 3.41. The standard InChI is InChI=1S/C17H21F2N5O2S/c18-17(19)3-1-10(2-4-17)22-15(25)9-5-13(27-8-9)11-6-12(11)21-7-14-23-24-16(20)26-14/h5,8,10-12,21H,1-4,6-7H2,(H2,20,24)(H,22,25)/t11-,12?/m1/s1. The number of halogens is 2. The lowest BCUT2D eigenvalue weighted by Gasteiger charge is -2.28. The lowest BCUT2D eigenvalue weighted by molar-refractivity contribution is -0.0399. The second-order valence-corrected chi connectivity index (χ2v) is 8.15. The fraction of sp³-hybridized carbons (Fsp3) is 0.588. The third-order valence-electron chi connectivity index (χ3n) is 5.09. The molecule has 27 heavy (non-hydrogen) atoms. The van der Waals surface area contributed by atoms with E-state index < -0.39 is 5.92 Å². The van der Waals surface area contributed by atoms with Crippen molar-refractivity contribution in [1.82, 2.24) is 20.8 Å². The van der Waals surface area contributed by atoms with Crippen LogP contribution >= 0.6 is 11.3 Å². The van der Waals surface area contributed by atoms with Crippen LogP contribution in [0.4, 0.5) is 14.8 Å². The number of anilines is 1. The summed E-state index contributed by atoms with van der Waals surface area (Å²) >= 11 is 1.55. The van der Waals surface area contributed by atoms with Crippen LogP contribution in [0.25, 0.3) is 0 Å². The zero-order valence-electron chi connectivity index (χ0n) is 14.6. The summed E-state index contributed by atoms with van der Waals surface area (Å²) in [5.74, 6) is -1.97. The maximum atomic E-state index is 13.2. The Kier molecular flexibility index (Phi) is 4.85. The molecule has 2 aliphatic carbocycles. The van der Waals surface area contributed by atoms with Crippen LogP contribution in [0.3, 0.4) is 0 Å². The highest BCUT2D eigenvalue weighted by Crippen LogP contribution is 2.43. The molecule has 0 radical (unpaired) electrons. The van der Waals surface area contributed by atoms with Crippen molar-refractivity contribution in [3.05, 3.63) is 27.8 Å². The number of carbonyl (C=O) groups excluding carboxylic acids is 1. The molecule has 1 unspecified atom stereocenters. The van der Waals surface area contributed by atoms with E-state index in [0.717, 1.165) is 11.3 Å². The molecule has 0 aromatic carbocycles. The van der Waals surface area contributed by atoms with E-state index in [4.69, 9.17) is 10.2 Å². The number of rotatable bonds is 6. The Bertz CT molecular complexity index is 814. The predicted octanol–water partition coefficient (Wildman–Crippen LogP) is 2.67. The smallest absolute Gasteiger partial charge is 0.312 e. The molecule has 4 N–H and O–H groups in total. The largest absolute Gasteiger partial charge is 0.407 e. The molecule has 2 aromatic rings. The van der Waals surface area contributed by atoms with Gasteiger partial charge in [0, 0.05) is 41.1 Å². The minimum absolute atomic E-state index is 0.0507. The van der Waals surface area contributed by atoms with Crippen LogP contribution in [0.1, 0.15) is 59.1 Å². The average molecular weight is 397 g/mol. The summed E-state index contributed by atoms with van der Waals surface area (Å²) in [5.41, 5.74) is 5.99. The van der Waals surface area contributed by atoms with E-state index in [2.05, 4.69) is 20.8 Å². The topological polar surface area (TPSA) is 106 Å². The molecule has 4 rings (SSSR count). The first-order chi connectivity index (χ1) is 12.9. The zero-order chi connectivity index (χ0) is 19.0. The first kappa shape index (κ1) is 18.3. The van der Waals surface area contributed by atoms with Crippen molar-refractivity contribution in [2.24, 2.45) is 0 Å². The maximum Gasteiger partial charge on any atom is 0.312 e. The van der Waals surface area contributed by atoms with Crippen molar-refractivity contribution in [2.75, 3.05) is 5.73 Å². The lowest BCUT2D eigenvalue weighted by Crippen LogP contribution is -2.40. The Morgan fingerprint density at radius 2 is 2.15 bits per heavy atom. The molecule has 2 aromatic heterocycles. The molecular formula is C17H21F2N5O2S. The number of carbonyl (C=O) groups is 1. The Morgan fingerprint density at radius 3 is 2.85 bits per heavy atom. The third kappa shape index (κ3) is 4.44. The van der Waals surface area contributed by atoms with Gasteiger partial charge in [-0.1, -0.05) is 5.10 Å². The van der Waals surface area contributed by atoms with Gasteiger partial charge in [0.15, 0.2) is 0 Å². The van der Waals surface area contributed by atoms with E-state index in [1.54, 1.807) is 11.3 Å². The van der Waals surface area contributed by atoms with Gasteiger partial charge in [0.1, 0.15) is 0 Å². The van der Waals surface area contributed by atoms with E-state index in [9.17, 15) is 13.6 Å². The lowest BCUT2D eigenvalue weighted by atomic mass is 9.92. The summed E-state index contributed by atoms with van der Waals surface area (Å²) in [6.07, 6.45) is 1.31. The van der Waals surface area contributed by atoms with Gasteiger partial charge in [0.25, 0.3) is 5.91 Å². The number of aromatic nitrogens is 2. The van der Waals surface area contributed by atoms with Crippen molar-refractivity contribution in [2.45, 2.75) is 62.6 Å². The van der Waals surface area contributed by atoms with Crippen LogP contribution in [0.2, 0.25) is 0 Å². The van der Waals surface area contributed by atoms with Gasteiger partial charge < -0.3 is 20.8 Å². The van der Waals surface area contributed by atoms with E-state index in [-0.39, 0.29) is 30.8 Å². The van der Waals surface area contributed by atoms with E-state index in [1.807, 2.05) is 11.4 Å². The number of nitrogen functional groups attached to an aromatic ring is 1. The molecule has 2 aliphatic rings. The van der Waals surface area contributed by atoms with Crippen LogP contribution in [-0.2, 0) is 6.54 Å². The summed E-state index contributed by atoms with van der Waals surface area (Å²) in [7, 11) is 0. The summed E-state index contributed by atoms with van der Waals surface area (Å²) in [5, 5.41) is 15.5. The molecule has 0 saturated heterocycles. The second-order valence-electron chi connectivity index (χ2n) is 7.21. The molecular weight excluding hydrogens is 376 g/mol. The number of amides is 1. The van der Waals surface area contributed by atoms with Gasteiger partial charge in [0.05, 0.1) is 12.1 Å². The van der Waals surface area contributed by atoms with Crippen LogP contribution in [0.15, 0.2) is 15.9 Å². The Balaban J connectivity index is 1.26. The van der Waals surface area contributed by atoms with Crippen LogP contribution in [0, 0.1) is 0 Å². The van der Waals surface area contributed by atoms with E-state index in [1.165, 1.54) is 0 Å².